The van der Waals surface area contributed by atoms with E-state index in [1.54, 1.807) is 24.4 Å². The molecule has 20 heavy (non-hydrogen) atoms. The SMILES string of the molecule is O=C(O)C[C@@H](NC(=O)c1cccc2cc[nH]c12)C(=O)O. The first-order valence-electron chi connectivity index (χ1n) is 5.80. The van der Waals surface area contributed by atoms with Crippen molar-refractivity contribution in [1.29, 1.82) is 0 Å². The summed E-state index contributed by atoms with van der Waals surface area (Å²) >= 11 is 0. The predicted octanol–water partition coefficient (Wildman–Crippen LogP) is 0.826. The Morgan fingerprint density at radius 3 is 2.60 bits per heavy atom. The molecule has 2 aromatic rings. The Kier molecular flexibility index (Phi) is 3.69. The molecule has 1 aromatic carbocycles. The number of rotatable bonds is 5. The van der Waals surface area contributed by atoms with Crippen molar-refractivity contribution in [2.24, 2.45) is 0 Å². The van der Waals surface area contributed by atoms with E-state index in [1.807, 2.05) is 0 Å². The summed E-state index contributed by atoms with van der Waals surface area (Å²) < 4.78 is 0. The molecule has 0 fully saturated rings. The monoisotopic (exact) mass is 276 g/mol. The van der Waals surface area contributed by atoms with Gasteiger partial charge in [0.05, 0.1) is 17.5 Å². The molecule has 1 heterocycles. The number of aliphatic carboxylic acids is 2. The summed E-state index contributed by atoms with van der Waals surface area (Å²) in [6, 6.07) is 5.31. The second-order valence-corrected chi connectivity index (χ2v) is 4.21. The summed E-state index contributed by atoms with van der Waals surface area (Å²) in [7, 11) is 0. The third kappa shape index (κ3) is 2.77. The number of aromatic amines is 1. The van der Waals surface area contributed by atoms with Gasteiger partial charge in [-0.1, -0.05) is 12.1 Å². The van der Waals surface area contributed by atoms with Gasteiger partial charge in [0.1, 0.15) is 6.04 Å². The van der Waals surface area contributed by atoms with E-state index in [2.05, 4.69) is 10.3 Å². The van der Waals surface area contributed by atoms with Crippen LogP contribution in [0.2, 0.25) is 0 Å². The molecular formula is C13H12N2O5. The molecule has 0 saturated carbocycles. The highest BCUT2D eigenvalue weighted by Gasteiger charge is 2.24. The normalized spacial score (nSPS) is 12.0. The fourth-order valence-corrected chi connectivity index (χ4v) is 1.88. The van der Waals surface area contributed by atoms with Gasteiger partial charge in [-0.05, 0) is 12.1 Å². The van der Waals surface area contributed by atoms with Crippen LogP contribution in [0.25, 0.3) is 10.9 Å². The summed E-state index contributed by atoms with van der Waals surface area (Å²) in [6.45, 7) is 0. The van der Waals surface area contributed by atoms with Crippen molar-refractivity contribution < 1.29 is 24.6 Å². The molecule has 1 amide bonds. The van der Waals surface area contributed by atoms with Crippen LogP contribution >= 0.6 is 0 Å². The van der Waals surface area contributed by atoms with Crippen LogP contribution in [-0.2, 0) is 9.59 Å². The van der Waals surface area contributed by atoms with Crippen LogP contribution in [0.4, 0.5) is 0 Å². The van der Waals surface area contributed by atoms with E-state index in [9.17, 15) is 14.4 Å². The fraction of sp³-hybridized carbons (Fsp3) is 0.154. The molecule has 1 aromatic heterocycles. The van der Waals surface area contributed by atoms with E-state index in [0.29, 0.717) is 5.52 Å². The number of carboxylic acid groups (broad SMARTS) is 2. The Hall–Kier alpha value is -2.83. The third-order valence-corrected chi connectivity index (χ3v) is 2.81. The Morgan fingerprint density at radius 2 is 1.95 bits per heavy atom. The molecular weight excluding hydrogens is 264 g/mol. The number of hydrogen-bond donors (Lipinski definition) is 4. The number of nitrogens with one attached hydrogen (secondary N) is 2. The molecule has 0 radical (unpaired) electrons. The minimum atomic E-state index is -1.47. The molecule has 0 bridgehead atoms. The Labute approximate surface area is 113 Å². The number of carboxylic acids is 2. The molecule has 0 aliphatic rings. The summed E-state index contributed by atoms with van der Waals surface area (Å²) in [5.74, 6) is -3.32. The van der Waals surface area contributed by atoms with E-state index >= 15 is 0 Å². The Morgan fingerprint density at radius 1 is 1.20 bits per heavy atom. The van der Waals surface area contributed by atoms with E-state index in [0.717, 1.165) is 5.39 Å². The van der Waals surface area contributed by atoms with Gasteiger partial charge in [0.15, 0.2) is 0 Å². The molecule has 0 aliphatic heterocycles. The number of fused-ring (bicyclic) bond motifs is 1. The van der Waals surface area contributed by atoms with E-state index in [4.69, 9.17) is 10.2 Å². The number of hydrogen-bond acceptors (Lipinski definition) is 3. The second-order valence-electron chi connectivity index (χ2n) is 4.21. The van der Waals surface area contributed by atoms with E-state index in [-0.39, 0.29) is 5.56 Å². The van der Waals surface area contributed by atoms with Gasteiger partial charge >= 0.3 is 11.9 Å². The predicted molar refractivity (Wildman–Crippen MR) is 69.4 cm³/mol. The maximum absolute atomic E-state index is 12.1. The first-order valence-corrected chi connectivity index (χ1v) is 5.80. The largest absolute Gasteiger partial charge is 0.481 e. The zero-order valence-corrected chi connectivity index (χ0v) is 10.3. The van der Waals surface area contributed by atoms with Crippen molar-refractivity contribution in [1.82, 2.24) is 10.3 Å². The molecule has 104 valence electrons. The van der Waals surface area contributed by atoms with Gasteiger partial charge in [-0.3, -0.25) is 9.59 Å². The smallest absolute Gasteiger partial charge is 0.326 e. The fourth-order valence-electron chi connectivity index (χ4n) is 1.88. The van der Waals surface area contributed by atoms with Gasteiger partial charge in [-0.2, -0.15) is 0 Å². The highest BCUT2D eigenvalue weighted by Crippen LogP contribution is 2.17. The number of aromatic nitrogens is 1. The lowest BCUT2D eigenvalue weighted by molar-refractivity contribution is -0.145. The van der Waals surface area contributed by atoms with Crippen molar-refractivity contribution in [3.63, 3.8) is 0 Å². The molecule has 0 saturated heterocycles. The van der Waals surface area contributed by atoms with Crippen LogP contribution in [0.5, 0.6) is 0 Å². The standard InChI is InChI=1S/C13H12N2O5/c16-10(17)6-9(13(19)20)15-12(18)8-3-1-2-7-4-5-14-11(7)8/h1-5,9,14H,6H2,(H,15,18)(H,16,17)(H,19,20)/t9-/m1/s1. The number of carbonyl (C=O) groups is 3. The van der Waals surface area contributed by atoms with Crippen LogP contribution in [0, 0.1) is 0 Å². The van der Waals surface area contributed by atoms with Crippen molar-refractivity contribution in [2.45, 2.75) is 12.5 Å². The minimum absolute atomic E-state index is 0.268. The molecule has 1 atom stereocenters. The average Bonchev–Trinajstić information content (AvgIpc) is 2.84. The van der Waals surface area contributed by atoms with Gasteiger partial charge in [0, 0.05) is 11.6 Å². The van der Waals surface area contributed by atoms with Gasteiger partial charge in [-0.25, -0.2) is 4.79 Å². The van der Waals surface area contributed by atoms with Crippen LogP contribution < -0.4 is 5.32 Å². The number of benzene rings is 1. The maximum Gasteiger partial charge on any atom is 0.326 e. The van der Waals surface area contributed by atoms with Gasteiger partial charge in [0.2, 0.25) is 0 Å². The number of para-hydroxylation sites is 1. The average molecular weight is 276 g/mol. The molecule has 7 heteroatoms. The summed E-state index contributed by atoms with van der Waals surface area (Å²) in [4.78, 5) is 36.5. The van der Waals surface area contributed by atoms with Crippen LogP contribution in [0.3, 0.4) is 0 Å². The van der Waals surface area contributed by atoms with E-state index in [1.165, 1.54) is 6.07 Å². The molecule has 0 spiro atoms. The summed E-state index contributed by atoms with van der Waals surface area (Å²) in [5.41, 5.74) is 0.841. The molecule has 2 rings (SSSR count). The topological polar surface area (TPSA) is 119 Å². The lowest BCUT2D eigenvalue weighted by atomic mass is 10.1. The van der Waals surface area contributed by atoms with Gasteiger partial charge in [0.25, 0.3) is 5.91 Å². The Bertz CT molecular complexity index is 676. The second kappa shape index (κ2) is 5.43. The number of carbonyl (C=O) groups excluding carboxylic acids is 1. The van der Waals surface area contributed by atoms with E-state index < -0.39 is 30.3 Å². The lowest BCUT2D eigenvalue weighted by Crippen LogP contribution is -2.42. The first-order chi connectivity index (χ1) is 9.49. The molecule has 4 N–H and O–H groups in total. The van der Waals surface area contributed by atoms with Crippen molar-refractivity contribution in [3.8, 4) is 0 Å². The highest BCUT2D eigenvalue weighted by molar-refractivity contribution is 6.06. The molecule has 0 aliphatic carbocycles. The molecule has 7 nitrogen and oxygen atoms in total. The van der Waals surface area contributed by atoms with Crippen molar-refractivity contribution in [3.05, 3.63) is 36.0 Å². The zero-order valence-electron chi connectivity index (χ0n) is 10.3. The highest BCUT2D eigenvalue weighted by atomic mass is 16.4. The lowest BCUT2D eigenvalue weighted by Gasteiger charge is -2.12. The molecule has 0 unspecified atom stereocenters. The minimum Gasteiger partial charge on any atom is -0.481 e. The third-order valence-electron chi connectivity index (χ3n) is 2.81. The van der Waals surface area contributed by atoms with Crippen LogP contribution in [0.1, 0.15) is 16.8 Å². The zero-order chi connectivity index (χ0) is 14.7. The van der Waals surface area contributed by atoms with Gasteiger partial charge < -0.3 is 20.5 Å². The summed E-state index contributed by atoms with van der Waals surface area (Å²) in [6.07, 6.45) is 0.981. The first kappa shape index (κ1) is 13.6. The number of amides is 1. The van der Waals surface area contributed by atoms with Gasteiger partial charge in [-0.15, -0.1) is 0 Å². The quantitative estimate of drug-likeness (QED) is 0.644. The van der Waals surface area contributed by atoms with Crippen molar-refractivity contribution in [2.75, 3.05) is 0 Å². The summed E-state index contributed by atoms with van der Waals surface area (Å²) in [5, 5.41) is 20.6. The number of H-pyrrole nitrogens is 1. The van der Waals surface area contributed by atoms with Crippen LogP contribution in [-0.4, -0.2) is 39.1 Å². The Balaban J connectivity index is 2.24. The van der Waals surface area contributed by atoms with Crippen LogP contribution in [0.15, 0.2) is 30.5 Å². The maximum atomic E-state index is 12.1. The van der Waals surface area contributed by atoms with Crippen molar-refractivity contribution >= 4 is 28.7 Å².